The van der Waals surface area contributed by atoms with Crippen molar-refractivity contribution in [1.82, 2.24) is 15.2 Å². The second kappa shape index (κ2) is 10.3. The van der Waals surface area contributed by atoms with E-state index in [2.05, 4.69) is 53.3 Å². The van der Waals surface area contributed by atoms with E-state index in [0.29, 0.717) is 12.2 Å². The van der Waals surface area contributed by atoms with Gasteiger partial charge in [0.25, 0.3) is 5.91 Å². The lowest BCUT2D eigenvalue weighted by Crippen LogP contribution is -2.44. The lowest BCUT2D eigenvalue weighted by Gasteiger charge is -2.35. The second-order valence-electron chi connectivity index (χ2n) is 8.19. The van der Waals surface area contributed by atoms with E-state index in [4.69, 9.17) is 9.47 Å². The van der Waals surface area contributed by atoms with Crippen molar-refractivity contribution in [1.29, 1.82) is 0 Å². The van der Waals surface area contributed by atoms with Crippen LogP contribution < -0.4 is 10.1 Å². The fourth-order valence-electron chi connectivity index (χ4n) is 4.03. The number of methoxy groups -OCH3 is 1. The molecule has 32 heavy (non-hydrogen) atoms. The minimum atomic E-state index is -0.178. The topological polar surface area (TPSA) is 63.7 Å². The van der Waals surface area contributed by atoms with E-state index >= 15 is 0 Å². The van der Waals surface area contributed by atoms with Crippen molar-refractivity contribution in [2.45, 2.75) is 39.1 Å². The van der Waals surface area contributed by atoms with Gasteiger partial charge in [-0.1, -0.05) is 36.4 Å². The first kappa shape index (κ1) is 22.5. The molecule has 6 nitrogen and oxygen atoms in total. The maximum absolute atomic E-state index is 12.6. The number of hydrogen-bond donors (Lipinski definition) is 1. The molecule has 1 aromatic heterocycles. The van der Waals surface area contributed by atoms with Crippen LogP contribution in [0.4, 0.5) is 0 Å². The number of carbonyl (C=O) groups excluding carboxylic acids is 1. The quantitative estimate of drug-likeness (QED) is 0.578. The molecule has 168 valence electrons. The molecule has 0 saturated carbocycles. The van der Waals surface area contributed by atoms with Crippen LogP contribution in [0.2, 0.25) is 0 Å². The normalized spacial score (nSPS) is 19.0. The Morgan fingerprint density at radius 2 is 1.81 bits per heavy atom. The summed E-state index contributed by atoms with van der Waals surface area (Å²) in [4.78, 5) is 19.5. The lowest BCUT2D eigenvalue weighted by molar-refractivity contribution is -0.0704. The highest BCUT2D eigenvalue weighted by Crippen LogP contribution is 2.31. The zero-order valence-electron chi connectivity index (χ0n) is 18.7. The van der Waals surface area contributed by atoms with Gasteiger partial charge >= 0.3 is 0 Å². The molecule has 1 aliphatic rings. The Labute approximate surface area is 193 Å². The Hall–Kier alpha value is -2.74. The fourth-order valence-corrected chi connectivity index (χ4v) is 4.86. The van der Waals surface area contributed by atoms with Crippen molar-refractivity contribution >= 4 is 17.2 Å². The van der Waals surface area contributed by atoms with Gasteiger partial charge in [0.2, 0.25) is 0 Å². The zero-order valence-corrected chi connectivity index (χ0v) is 19.5. The Bertz CT molecular complexity index is 1040. The maximum Gasteiger partial charge on any atom is 0.271 e. The van der Waals surface area contributed by atoms with Crippen molar-refractivity contribution in [3.05, 3.63) is 70.7 Å². The molecule has 1 aliphatic heterocycles. The van der Waals surface area contributed by atoms with Crippen LogP contribution in [0.1, 0.15) is 35.5 Å². The summed E-state index contributed by atoms with van der Waals surface area (Å²) in [7, 11) is 1.63. The average molecular weight is 452 g/mol. The molecule has 0 aliphatic carbocycles. The molecular weight excluding hydrogens is 422 g/mol. The van der Waals surface area contributed by atoms with Gasteiger partial charge in [-0.2, -0.15) is 0 Å². The highest BCUT2D eigenvalue weighted by molar-refractivity contribution is 7.13. The SMILES string of the molecule is COc1ccccc1-c1nc(C(=O)NCc2ccc(CN3CC(C)OC(C)C3)cc2)cs1. The van der Waals surface area contributed by atoms with Gasteiger partial charge in [0.1, 0.15) is 16.5 Å². The molecule has 1 amide bonds. The molecule has 2 aromatic carbocycles. The third-order valence-electron chi connectivity index (χ3n) is 5.45. The van der Waals surface area contributed by atoms with E-state index in [1.165, 1.54) is 16.9 Å². The monoisotopic (exact) mass is 451 g/mol. The van der Waals surface area contributed by atoms with Gasteiger partial charge in [-0.25, -0.2) is 4.98 Å². The molecule has 3 aromatic rings. The van der Waals surface area contributed by atoms with Gasteiger partial charge in [-0.15, -0.1) is 11.3 Å². The van der Waals surface area contributed by atoms with E-state index in [0.717, 1.165) is 41.5 Å². The van der Waals surface area contributed by atoms with Crippen LogP contribution in [0, 0.1) is 0 Å². The number of benzene rings is 2. The minimum Gasteiger partial charge on any atom is -0.496 e. The summed E-state index contributed by atoms with van der Waals surface area (Å²) in [6.45, 7) is 7.52. The number of para-hydroxylation sites is 1. The number of nitrogens with one attached hydrogen (secondary N) is 1. The standard InChI is InChI=1S/C25H29N3O3S/c1-17-13-28(14-18(2)31-17)15-20-10-8-19(9-11-20)12-26-24(29)22-16-32-25(27-22)21-6-4-5-7-23(21)30-3/h4-11,16-18H,12-15H2,1-3H3,(H,26,29). The molecular formula is C25H29N3O3S. The molecule has 4 rings (SSSR count). The average Bonchev–Trinajstić information content (AvgIpc) is 3.28. The third-order valence-corrected chi connectivity index (χ3v) is 6.33. The second-order valence-corrected chi connectivity index (χ2v) is 9.05. The highest BCUT2D eigenvalue weighted by Gasteiger charge is 2.22. The fraction of sp³-hybridized carbons (Fsp3) is 0.360. The first-order valence-electron chi connectivity index (χ1n) is 10.8. The molecule has 2 unspecified atom stereocenters. The Kier molecular flexibility index (Phi) is 7.19. The summed E-state index contributed by atoms with van der Waals surface area (Å²) in [5.41, 5.74) is 3.63. The summed E-state index contributed by atoms with van der Waals surface area (Å²) in [5, 5.41) is 5.52. The third kappa shape index (κ3) is 5.54. The lowest BCUT2D eigenvalue weighted by atomic mass is 10.1. The zero-order chi connectivity index (χ0) is 22.5. The van der Waals surface area contributed by atoms with Gasteiger partial charge in [-0.3, -0.25) is 9.69 Å². The Morgan fingerprint density at radius 3 is 2.53 bits per heavy atom. The van der Waals surface area contributed by atoms with Crippen molar-refractivity contribution in [3.63, 3.8) is 0 Å². The summed E-state index contributed by atoms with van der Waals surface area (Å²) in [6.07, 6.45) is 0.532. The molecule has 7 heteroatoms. The van der Waals surface area contributed by atoms with Crippen molar-refractivity contribution < 1.29 is 14.3 Å². The largest absolute Gasteiger partial charge is 0.496 e. The molecule has 0 spiro atoms. The van der Waals surface area contributed by atoms with Crippen molar-refractivity contribution in [2.24, 2.45) is 0 Å². The van der Waals surface area contributed by atoms with Crippen molar-refractivity contribution in [3.8, 4) is 16.3 Å². The molecule has 2 atom stereocenters. The molecule has 2 heterocycles. The van der Waals surface area contributed by atoms with E-state index in [-0.39, 0.29) is 18.1 Å². The first-order chi connectivity index (χ1) is 15.5. The number of carbonyl (C=O) groups is 1. The number of hydrogen-bond acceptors (Lipinski definition) is 6. The van der Waals surface area contributed by atoms with Crippen LogP contribution >= 0.6 is 11.3 Å². The summed E-state index contributed by atoms with van der Waals surface area (Å²) < 4.78 is 11.2. The van der Waals surface area contributed by atoms with Gasteiger partial charge in [0.05, 0.1) is 24.9 Å². The van der Waals surface area contributed by atoms with Gasteiger partial charge in [0, 0.05) is 31.6 Å². The number of amides is 1. The Balaban J connectivity index is 1.32. The summed E-state index contributed by atoms with van der Waals surface area (Å²) in [5.74, 6) is 0.567. The number of thiazole rings is 1. The van der Waals surface area contributed by atoms with Crippen LogP contribution in [0.3, 0.4) is 0 Å². The van der Waals surface area contributed by atoms with Gasteiger partial charge in [0.15, 0.2) is 0 Å². The molecule has 1 N–H and O–H groups in total. The van der Waals surface area contributed by atoms with Crippen LogP contribution in [0.5, 0.6) is 5.75 Å². The number of ether oxygens (including phenoxy) is 2. The minimum absolute atomic E-state index is 0.178. The molecule has 0 bridgehead atoms. The van der Waals surface area contributed by atoms with Gasteiger partial charge in [-0.05, 0) is 37.1 Å². The molecule has 1 fully saturated rings. The molecule has 1 saturated heterocycles. The summed E-state index contributed by atoms with van der Waals surface area (Å²) in [6, 6.07) is 16.1. The predicted octanol–water partition coefficient (Wildman–Crippen LogP) is 4.36. The van der Waals surface area contributed by atoms with Crippen molar-refractivity contribution in [2.75, 3.05) is 20.2 Å². The smallest absolute Gasteiger partial charge is 0.271 e. The Morgan fingerprint density at radius 1 is 1.12 bits per heavy atom. The van der Waals surface area contributed by atoms with E-state index in [1.54, 1.807) is 12.5 Å². The van der Waals surface area contributed by atoms with E-state index < -0.39 is 0 Å². The van der Waals surface area contributed by atoms with Crippen LogP contribution in [-0.4, -0.2) is 48.2 Å². The number of rotatable bonds is 7. The van der Waals surface area contributed by atoms with E-state index in [9.17, 15) is 4.79 Å². The van der Waals surface area contributed by atoms with Crippen LogP contribution in [0.25, 0.3) is 10.6 Å². The van der Waals surface area contributed by atoms with Crippen LogP contribution in [-0.2, 0) is 17.8 Å². The maximum atomic E-state index is 12.6. The number of nitrogens with zero attached hydrogens (tertiary/aromatic N) is 2. The highest BCUT2D eigenvalue weighted by atomic mass is 32.1. The summed E-state index contributed by atoms with van der Waals surface area (Å²) >= 11 is 1.44. The van der Waals surface area contributed by atoms with Gasteiger partial charge < -0.3 is 14.8 Å². The van der Waals surface area contributed by atoms with E-state index in [1.807, 2.05) is 24.3 Å². The predicted molar refractivity (Wildman–Crippen MR) is 127 cm³/mol. The van der Waals surface area contributed by atoms with Crippen LogP contribution in [0.15, 0.2) is 53.9 Å². The number of morpholine rings is 1. The molecule has 0 radical (unpaired) electrons. The first-order valence-corrected chi connectivity index (χ1v) is 11.7. The number of aromatic nitrogens is 1.